The van der Waals surface area contributed by atoms with Crippen molar-refractivity contribution in [1.82, 2.24) is 20.0 Å². The van der Waals surface area contributed by atoms with Crippen LogP contribution in [-0.2, 0) is 17.8 Å². The van der Waals surface area contributed by atoms with Gasteiger partial charge in [-0.2, -0.15) is 5.10 Å². The molecule has 0 radical (unpaired) electrons. The SMILES string of the molecule is CCCC(=O)N1CCc2[nH]nc(C(=O)N3CCN(c4ccccc4C)CC3)c2C1. The number of aryl methyl sites for hydroxylation is 1. The third-order valence-electron chi connectivity index (χ3n) is 5.98. The zero-order valence-corrected chi connectivity index (χ0v) is 17.3. The Kier molecular flexibility index (Phi) is 5.56. The maximum Gasteiger partial charge on any atom is 0.274 e. The molecule has 2 aliphatic rings. The summed E-state index contributed by atoms with van der Waals surface area (Å²) >= 11 is 0. The van der Waals surface area contributed by atoms with Crippen molar-refractivity contribution in [2.75, 3.05) is 37.6 Å². The summed E-state index contributed by atoms with van der Waals surface area (Å²) in [5, 5.41) is 7.37. The van der Waals surface area contributed by atoms with Crippen LogP contribution in [0.15, 0.2) is 24.3 Å². The second kappa shape index (κ2) is 8.27. The molecule has 7 nitrogen and oxygen atoms in total. The molecule has 1 saturated heterocycles. The maximum atomic E-state index is 13.2. The number of aromatic nitrogens is 2. The van der Waals surface area contributed by atoms with E-state index in [0.29, 0.717) is 38.3 Å². The molecular formula is C22H29N5O2. The third kappa shape index (κ3) is 3.86. The van der Waals surface area contributed by atoms with Crippen molar-refractivity contribution in [3.63, 3.8) is 0 Å². The van der Waals surface area contributed by atoms with Gasteiger partial charge in [0.05, 0.1) is 0 Å². The van der Waals surface area contributed by atoms with Crippen molar-refractivity contribution in [3.8, 4) is 0 Å². The van der Waals surface area contributed by atoms with Gasteiger partial charge < -0.3 is 14.7 Å². The summed E-state index contributed by atoms with van der Waals surface area (Å²) < 4.78 is 0. The molecule has 1 aromatic carbocycles. The first kappa shape index (κ1) is 19.5. The number of amides is 2. The van der Waals surface area contributed by atoms with Gasteiger partial charge in [0, 0.05) is 69.1 Å². The van der Waals surface area contributed by atoms with Gasteiger partial charge in [-0.05, 0) is 25.0 Å². The summed E-state index contributed by atoms with van der Waals surface area (Å²) in [7, 11) is 0. The van der Waals surface area contributed by atoms with Gasteiger partial charge in [-0.15, -0.1) is 0 Å². The summed E-state index contributed by atoms with van der Waals surface area (Å²) in [6.45, 7) is 8.27. The lowest BCUT2D eigenvalue weighted by Crippen LogP contribution is -2.49. The fourth-order valence-electron chi connectivity index (χ4n) is 4.28. The van der Waals surface area contributed by atoms with Gasteiger partial charge in [0.15, 0.2) is 5.69 Å². The molecule has 1 aromatic heterocycles. The Bertz CT molecular complexity index is 898. The Morgan fingerprint density at radius 1 is 1.07 bits per heavy atom. The van der Waals surface area contributed by atoms with Crippen LogP contribution in [0.3, 0.4) is 0 Å². The highest BCUT2D eigenvalue weighted by Gasteiger charge is 2.31. The summed E-state index contributed by atoms with van der Waals surface area (Å²) in [6, 6.07) is 8.36. The molecule has 0 aliphatic carbocycles. The number of nitrogens with zero attached hydrogens (tertiary/aromatic N) is 4. The number of aromatic amines is 1. The van der Waals surface area contributed by atoms with Gasteiger partial charge in [0.1, 0.15) is 0 Å². The molecule has 154 valence electrons. The number of carbonyl (C=O) groups excluding carboxylic acids is 2. The Morgan fingerprint density at radius 2 is 1.83 bits per heavy atom. The molecule has 4 rings (SSSR count). The Morgan fingerprint density at radius 3 is 2.55 bits per heavy atom. The number of benzene rings is 1. The molecule has 7 heteroatoms. The Balaban J connectivity index is 1.43. The van der Waals surface area contributed by atoms with Crippen molar-refractivity contribution in [3.05, 3.63) is 46.8 Å². The van der Waals surface area contributed by atoms with Crippen molar-refractivity contribution in [2.45, 2.75) is 39.7 Å². The summed E-state index contributed by atoms with van der Waals surface area (Å²) in [4.78, 5) is 31.6. The van der Waals surface area contributed by atoms with E-state index in [1.54, 1.807) is 0 Å². The number of H-pyrrole nitrogens is 1. The molecule has 2 amide bonds. The maximum absolute atomic E-state index is 13.2. The van der Waals surface area contributed by atoms with Gasteiger partial charge in [-0.25, -0.2) is 0 Å². The third-order valence-corrected chi connectivity index (χ3v) is 5.98. The van der Waals surface area contributed by atoms with E-state index in [9.17, 15) is 9.59 Å². The molecule has 0 saturated carbocycles. The molecule has 0 atom stereocenters. The highest BCUT2D eigenvalue weighted by Crippen LogP contribution is 2.24. The van der Waals surface area contributed by atoms with E-state index in [2.05, 4.69) is 40.2 Å². The molecule has 0 spiro atoms. The van der Waals surface area contributed by atoms with E-state index in [1.807, 2.05) is 22.8 Å². The normalized spacial score (nSPS) is 16.7. The van der Waals surface area contributed by atoms with Crippen molar-refractivity contribution in [1.29, 1.82) is 0 Å². The largest absolute Gasteiger partial charge is 0.368 e. The predicted molar refractivity (Wildman–Crippen MR) is 112 cm³/mol. The molecule has 29 heavy (non-hydrogen) atoms. The second-order valence-corrected chi connectivity index (χ2v) is 7.91. The first-order chi connectivity index (χ1) is 14.1. The minimum absolute atomic E-state index is 0.0308. The first-order valence-electron chi connectivity index (χ1n) is 10.5. The van der Waals surface area contributed by atoms with Crippen molar-refractivity contribution in [2.24, 2.45) is 0 Å². The number of para-hydroxylation sites is 1. The minimum atomic E-state index is -0.0308. The molecule has 0 bridgehead atoms. The summed E-state index contributed by atoms with van der Waals surface area (Å²) in [5.41, 5.74) is 4.87. The molecule has 2 aliphatic heterocycles. The highest BCUT2D eigenvalue weighted by atomic mass is 16.2. The zero-order valence-electron chi connectivity index (χ0n) is 17.3. The minimum Gasteiger partial charge on any atom is -0.368 e. The van der Waals surface area contributed by atoms with Crippen LogP contribution in [0.5, 0.6) is 0 Å². The molecule has 0 unspecified atom stereocenters. The zero-order chi connectivity index (χ0) is 20.4. The average Bonchev–Trinajstić information content (AvgIpc) is 3.17. The Hall–Kier alpha value is -2.83. The van der Waals surface area contributed by atoms with Crippen LogP contribution in [0.1, 0.15) is 47.1 Å². The van der Waals surface area contributed by atoms with E-state index < -0.39 is 0 Å². The molecule has 2 aromatic rings. The number of anilines is 1. The van der Waals surface area contributed by atoms with Gasteiger partial charge >= 0.3 is 0 Å². The van der Waals surface area contributed by atoms with E-state index in [0.717, 1.165) is 37.2 Å². The fourth-order valence-corrected chi connectivity index (χ4v) is 4.28. The monoisotopic (exact) mass is 395 g/mol. The van der Waals surface area contributed by atoms with Crippen LogP contribution < -0.4 is 4.90 Å². The lowest BCUT2D eigenvalue weighted by molar-refractivity contribution is -0.132. The number of rotatable bonds is 4. The molecule has 3 heterocycles. The first-order valence-corrected chi connectivity index (χ1v) is 10.5. The van der Waals surface area contributed by atoms with Gasteiger partial charge in [0.25, 0.3) is 5.91 Å². The fraction of sp³-hybridized carbons (Fsp3) is 0.500. The van der Waals surface area contributed by atoms with Gasteiger partial charge in [-0.1, -0.05) is 25.1 Å². The number of hydrogen-bond acceptors (Lipinski definition) is 4. The molecule has 1 N–H and O–H groups in total. The van der Waals surface area contributed by atoms with E-state index in [-0.39, 0.29) is 11.8 Å². The standard InChI is InChI=1S/C22H29N5O2/c1-3-6-20(28)27-10-9-18-17(15-27)21(24-23-18)22(29)26-13-11-25(12-14-26)19-8-5-4-7-16(19)2/h4-5,7-8H,3,6,9-15H2,1-2H3,(H,23,24). The van der Waals surface area contributed by atoms with Crippen LogP contribution in [0, 0.1) is 6.92 Å². The van der Waals surface area contributed by atoms with Crippen molar-refractivity contribution >= 4 is 17.5 Å². The average molecular weight is 396 g/mol. The smallest absolute Gasteiger partial charge is 0.274 e. The van der Waals surface area contributed by atoms with Crippen LogP contribution in [0.2, 0.25) is 0 Å². The lowest BCUT2D eigenvalue weighted by atomic mass is 10.0. The Labute approximate surface area is 171 Å². The number of carbonyl (C=O) groups is 2. The second-order valence-electron chi connectivity index (χ2n) is 7.91. The molecular weight excluding hydrogens is 366 g/mol. The van der Waals surface area contributed by atoms with E-state index in [1.165, 1.54) is 11.3 Å². The van der Waals surface area contributed by atoms with E-state index >= 15 is 0 Å². The van der Waals surface area contributed by atoms with Crippen LogP contribution in [-0.4, -0.2) is 64.5 Å². The number of nitrogens with one attached hydrogen (secondary N) is 1. The summed E-state index contributed by atoms with van der Waals surface area (Å²) in [6.07, 6.45) is 2.12. The topological polar surface area (TPSA) is 72.5 Å². The van der Waals surface area contributed by atoms with Crippen LogP contribution >= 0.6 is 0 Å². The highest BCUT2D eigenvalue weighted by molar-refractivity contribution is 5.94. The van der Waals surface area contributed by atoms with Gasteiger partial charge in [-0.3, -0.25) is 14.7 Å². The molecule has 1 fully saturated rings. The lowest BCUT2D eigenvalue weighted by Gasteiger charge is -2.36. The van der Waals surface area contributed by atoms with Crippen molar-refractivity contribution < 1.29 is 9.59 Å². The predicted octanol–water partition coefficient (Wildman–Crippen LogP) is 2.37. The number of fused-ring (bicyclic) bond motifs is 1. The van der Waals surface area contributed by atoms with Crippen LogP contribution in [0.25, 0.3) is 0 Å². The van der Waals surface area contributed by atoms with Gasteiger partial charge in [0.2, 0.25) is 5.91 Å². The summed E-state index contributed by atoms with van der Waals surface area (Å²) in [5.74, 6) is 0.126. The van der Waals surface area contributed by atoms with Crippen LogP contribution in [0.4, 0.5) is 5.69 Å². The number of piperazine rings is 1. The number of hydrogen-bond donors (Lipinski definition) is 1. The van der Waals surface area contributed by atoms with E-state index in [4.69, 9.17) is 0 Å². The quantitative estimate of drug-likeness (QED) is 0.863.